The zero-order valence-electron chi connectivity index (χ0n) is 14.2. The van der Waals surface area contributed by atoms with Gasteiger partial charge in [-0.15, -0.1) is 0 Å². The zero-order valence-corrected chi connectivity index (χ0v) is 14.2. The highest BCUT2D eigenvalue weighted by Crippen LogP contribution is 2.29. The number of hydrogen-bond donors (Lipinski definition) is 3. The van der Waals surface area contributed by atoms with Crippen molar-refractivity contribution >= 4 is 12.0 Å². The molecule has 0 aliphatic heterocycles. The molecule has 0 aromatic heterocycles. The molecule has 1 fully saturated rings. The second-order valence-electron chi connectivity index (χ2n) is 6.90. The molecule has 1 saturated carbocycles. The molecule has 6 heteroatoms. The summed E-state index contributed by atoms with van der Waals surface area (Å²) in [5, 5.41) is 21.5. The van der Waals surface area contributed by atoms with E-state index >= 15 is 0 Å². The number of carbonyl (C=O) groups is 2. The summed E-state index contributed by atoms with van der Waals surface area (Å²) in [6.07, 6.45) is 2.47. The Kier molecular flexibility index (Phi) is 6.06. The van der Waals surface area contributed by atoms with Gasteiger partial charge in [-0.05, 0) is 42.9 Å². The Morgan fingerprint density at radius 3 is 2.58 bits per heavy atom. The van der Waals surface area contributed by atoms with Crippen LogP contribution in [0.3, 0.4) is 0 Å². The van der Waals surface area contributed by atoms with E-state index in [1.165, 1.54) is 0 Å². The average Bonchev–Trinajstić information content (AvgIpc) is 3.27. The van der Waals surface area contributed by atoms with Gasteiger partial charge in [-0.1, -0.05) is 26.0 Å². The molecule has 0 heterocycles. The van der Waals surface area contributed by atoms with Gasteiger partial charge < -0.3 is 20.4 Å². The van der Waals surface area contributed by atoms with Gasteiger partial charge in [-0.2, -0.15) is 0 Å². The summed E-state index contributed by atoms with van der Waals surface area (Å²) >= 11 is 0. The van der Waals surface area contributed by atoms with E-state index in [1.807, 2.05) is 19.9 Å². The molecule has 1 aliphatic rings. The van der Waals surface area contributed by atoms with Gasteiger partial charge >= 0.3 is 12.0 Å². The van der Waals surface area contributed by atoms with Gasteiger partial charge in [0.1, 0.15) is 5.75 Å². The first-order valence-electron chi connectivity index (χ1n) is 8.42. The number of carboxylic acids is 1. The number of carboxylic acid groups (broad SMARTS) is 1. The Morgan fingerprint density at radius 1 is 1.33 bits per heavy atom. The molecule has 2 rings (SSSR count). The van der Waals surface area contributed by atoms with Crippen LogP contribution in [0.15, 0.2) is 24.3 Å². The lowest BCUT2D eigenvalue weighted by Crippen LogP contribution is -2.46. The van der Waals surface area contributed by atoms with E-state index in [-0.39, 0.29) is 30.3 Å². The van der Waals surface area contributed by atoms with E-state index in [4.69, 9.17) is 5.11 Å². The molecular formula is C18H26N2O4. The summed E-state index contributed by atoms with van der Waals surface area (Å²) in [5.74, 6) is -0.436. The van der Waals surface area contributed by atoms with Crippen LogP contribution < -0.4 is 5.32 Å². The SMILES string of the molecule is CC(C)C[C@@H](CC(=O)O)NC(=O)N(Cc1cccc(O)c1)C1CC1. The number of rotatable bonds is 8. The molecule has 1 aliphatic carbocycles. The summed E-state index contributed by atoms with van der Waals surface area (Å²) < 4.78 is 0. The fraction of sp³-hybridized carbons (Fsp3) is 0.556. The second-order valence-corrected chi connectivity index (χ2v) is 6.90. The van der Waals surface area contributed by atoms with Gasteiger partial charge in [0.15, 0.2) is 0 Å². The summed E-state index contributed by atoms with van der Waals surface area (Å²) in [6.45, 7) is 4.42. The van der Waals surface area contributed by atoms with Gasteiger partial charge in [0, 0.05) is 18.6 Å². The van der Waals surface area contributed by atoms with E-state index in [1.54, 1.807) is 23.1 Å². The molecule has 24 heavy (non-hydrogen) atoms. The number of benzene rings is 1. The van der Waals surface area contributed by atoms with Crippen molar-refractivity contribution in [2.45, 2.75) is 58.2 Å². The van der Waals surface area contributed by atoms with Crippen LogP contribution in [-0.2, 0) is 11.3 Å². The van der Waals surface area contributed by atoms with E-state index in [2.05, 4.69) is 5.32 Å². The van der Waals surface area contributed by atoms with Crippen LogP contribution in [0.2, 0.25) is 0 Å². The number of urea groups is 1. The van der Waals surface area contributed by atoms with E-state index in [0.29, 0.717) is 18.9 Å². The van der Waals surface area contributed by atoms with Crippen LogP contribution in [0.1, 0.15) is 45.1 Å². The Balaban J connectivity index is 2.03. The lowest BCUT2D eigenvalue weighted by atomic mass is 10.0. The Hall–Kier alpha value is -2.24. The fourth-order valence-electron chi connectivity index (χ4n) is 2.84. The minimum Gasteiger partial charge on any atom is -0.508 e. The van der Waals surface area contributed by atoms with E-state index in [9.17, 15) is 14.7 Å². The first-order chi connectivity index (χ1) is 11.3. The summed E-state index contributed by atoms with van der Waals surface area (Å²) in [6, 6.07) is 6.44. The van der Waals surface area contributed by atoms with Crippen LogP contribution in [0, 0.1) is 5.92 Å². The Labute approximate surface area is 142 Å². The van der Waals surface area contributed by atoms with Gasteiger partial charge in [0.2, 0.25) is 0 Å². The fourth-order valence-corrected chi connectivity index (χ4v) is 2.84. The first kappa shape index (κ1) is 18.1. The molecule has 0 bridgehead atoms. The number of nitrogens with zero attached hydrogens (tertiary/aromatic N) is 1. The molecule has 2 amide bonds. The van der Waals surface area contributed by atoms with Crippen LogP contribution >= 0.6 is 0 Å². The number of phenols is 1. The van der Waals surface area contributed by atoms with Gasteiger partial charge in [-0.3, -0.25) is 4.79 Å². The van der Waals surface area contributed by atoms with Crippen LogP contribution in [-0.4, -0.2) is 39.2 Å². The van der Waals surface area contributed by atoms with Crippen molar-refractivity contribution in [1.29, 1.82) is 0 Å². The van der Waals surface area contributed by atoms with Crippen LogP contribution in [0.5, 0.6) is 5.75 Å². The number of hydrogen-bond acceptors (Lipinski definition) is 3. The molecule has 6 nitrogen and oxygen atoms in total. The second kappa shape index (κ2) is 8.04. The van der Waals surface area contributed by atoms with Gasteiger partial charge in [0.05, 0.1) is 6.42 Å². The molecule has 0 radical (unpaired) electrons. The highest BCUT2D eigenvalue weighted by molar-refractivity contribution is 5.76. The number of aliphatic carboxylic acids is 1. The third-order valence-electron chi connectivity index (χ3n) is 4.02. The molecule has 0 spiro atoms. The zero-order chi connectivity index (χ0) is 17.7. The Morgan fingerprint density at radius 2 is 2.04 bits per heavy atom. The Bertz CT molecular complexity index is 584. The molecule has 1 aromatic rings. The van der Waals surface area contributed by atoms with Crippen LogP contribution in [0.4, 0.5) is 4.79 Å². The molecule has 0 unspecified atom stereocenters. The molecule has 3 N–H and O–H groups in total. The predicted octanol–water partition coefficient (Wildman–Crippen LogP) is 2.96. The van der Waals surface area contributed by atoms with E-state index < -0.39 is 5.97 Å². The third kappa shape index (κ3) is 5.76. The standard InChI is InChI=1S/C18H26N2O4/c1-12(2)8-14(10-17(22)23)19-18(24)20(15-6-7-15)11-13-4-3-5-16(21)9-13/h3-5,9,12,14-15,21H,6-8,10-11H2,1-2H3,(H,19,24)(H,22,23)/t14-/m0/s1. The summed E-state index contributed by atoms with van der Waals surface area (Å²) in [4.78, 5) is 25.4. The third-order valence-corrected chi connectivity index (χ3v) is 4.02. The smallest absolute Gasteiger partial charge is 0.318 e. The highest BCUT2D eigenvalue weighted by Gasteiger charge is 2.33. The number of amides is 2. The van der Waals surface area contributed by atoms with Gasteiger partial charge in [0.25, 0.3) is 0 Å². The maximum absolute atomic E-state index is 12.6. The van der Waals surface area contributed by atoms with Gasteiger partial charge in [-0.25, -0.2) is 4.79 Å². The largest absolute Gasteiger partial charge is 0.508 e. The molecular weight excluding hydrogens is 308 g/mol. The lowest BCUT2D eigenvalue weighted by molar-refractivity contribution is -0.137. The molecule has 132 valence electrons. The first-order valence-corrected chi connectivity index (χ1v) is 8.42. The van der Waals surface area contributed by atoms with Crippen LogP contribution in [0.25, 0.3) is 0 Å². The monoisotopic (exact) mass is 334 g/mol. The topological polar surface area (TPSA) is 89.9 Å². The van der Waals surface area contributed by atoms with Crippen molar-refractivity contribution in [3.63, 3.8) is 0 Å². The highest BCUT2D eigenvalue weighted by atomic mass is 16.4. The maximum atomic E-state index is 12.6. The van der Waals surface area contributed by atoms with Crippen molar-refractivity contribution in [2.24, 2.45) is 5.92 Å². The van der Waals surface area contributed by atoms with Crippen molar-refractivity contribution < 1.29 is 19.8 Å². The lowest BCUT2D eigenvalue weighted by Gasteiger charge is -2.27. The minimum absolute atomic E-state index is 0.0748. The number of phenolic OH excluding ortho intramolecular Hbond substituents is 1. The maximum Gasteiger partial charge on any atom is 0.318 e. The number of carbonyl (C=O) groups excluding carboxylic acids is 1. The quantitative estimate of drug-likeness (QED) is 0.682. The van der Waals surface area contributed by atoms with Crippen molar-refractivity contribution in [2.75, 3.05) is 0 Å². The summed E-state index contributed by atoms with van der Waals surface area (Å²) in [5.41, 5.74) is 0.857. The molecule has 0 saturated heterocycles. The number of aromatic hydroxyl groups is 1. The number of nitrogens with one attached hydrogen (secondary N) is 1. The van der Waals surface area contributed by atoms with Crippen molar-refractivity contribution in [3.8, 4) is 5.75 Å². The van der Waals surface area contributed by atoms with Crippen molar-refractivity contribution in [1.82, 2.24) is 10.2 Å². The average molecular weight is 334 g/mol. The van der Waals surface area contributed by atoms with E-state index in [0.717, 1.165) is 18.4 Å². The molecule has 1 atom stereocenters. The summed E-state index contributed by atoms with van der Waals surface area (Å²) in [7, 11) is 0. The normalized spacial score (nSPS) is 15.1. The predicted molar refractivity (Wildman–Crippen MR) is 90.7 cm³/mol. The minimum atomic E-state index is -0.910. The van der Waals surface area contributed by atoms with Crippen molar-refractivity contribution in [3.05, 3.63) is 29.8 Å². The molecule has 1 aromatic carbocycles.